The summed E-state index contributed by atoms with van der Waals surface area (Å²) in [6, 6.07) is 7.38. The van der Waals surface area contributed by atoms with Crippen molar-refractivity contribution in [2.45, 2.75) is 6.04 Å². The van der Waals surface area contributed by atoms with Gasteiger partial charge in [-0.05, 0) is 35.9 Å². The molecule has 26 heavy (non-hydrogen) atoms. The average molecular weight is 394 g/mol. The number of carbonyl (C=O) groups excluding carboxylic acids is 1. The van der Waals surface area contributed by atoms with Gasteiger partial charge in [0.25, 0.3) is 5.91 Å². The van der Waals surface area contributed by atoms with Crippen LogP contribution in [-0.4, -0.2) is 42.4 Å². The number of nitrogens with one attached hydrogen (secondary N) is 1. The highest BCUT2D eigenvalue weighted by molar-refractivity contribution is 7.89. The van der Waals surface area contributed by atoms with Crippen molar-refractivity contribution in [3.05, 3.63) is 58.9 Å². The van der Waals surface area contributed by atoms with Crippen LogP contribution in [0.1, 0.15) is 22.0 Å². The predicted molar refractivity (Wildman–Crippen MR) is 99.6 cm³/mol. The minimum absolute atomic E-state index is 0.0862. The first-order chi connectivity index (χ1) is 12.3. The lowest BCUT2D eigenvalue weighted by atomic mass is 10.1. The Bertz CT molecular complexity index is 976. The molecule has 8 nitrogen and oxygen atoms in total. The van der Waals surface area contributed by atoms with Gasteiger partial charge in [-0.25, -0.2) is 17.7 Å². The number of rotatable bonds is 3. The van der Waals surface area contributed by atoms with E-state index in [1.807, 2.05) is 0 Å². The number of anilines is 1. The first-order valence-corrected chi connectivity index (χ1v) is 9.57. The molecule has 0 radical (unpaired) electrons. The van der Waals surface area contributed by atoms with Gasteiger partial charge >= 0.3 is 0 Å². The number of sulfonamides is 1. The van der Waals surface area contributed by atoms with Gasteiger partial charge in [-0.2, -0.15) is 0 Å². The van der Waals surface area contributed by atoms with E-state index < -0.39 is 16.1 Å². The van der Waals surface area contributed by atoms with Gasteiger partial charge in [-0.1, -0.05) is 11.6 Å². The molecule has 0 spiro atoms. The smallest absolute Gasteiger partial charge is 0.255 e. The van der Waals surface area contributed by atoms with Gasteiger partial charge in [-0.15, -0.1) is 0 Å². The number of benzene rings is 1. The zero-order valence-electron chi connectivity index (χ0n) is 13.8. The second-order valence-electron chi connectivity index (χ2n) is 5.72. The summed E-state index contributed by atoms with van der Waals surface area (Å²) in [6.07, 6.45) is 2.97. The van der Waals surface area contributed by atoms with Crippen molar-refractivity contribution in [2.75, 3.05) is 18.1 Å². The molecule has 0 bridgehead atoms. The van der Waals surface area contributed by atoms with Gasteiger partial charge < -0.3 is 11.1 Å². The molecule has 0 unspecified atom stereocenters. The van der Waals surface area contributed by atoms with Crippen molar-refractivity contribution >= 4 is 39.2 Å². The molecule has 1 aliphatic rings. The fourth-order valence-corrected chi connectivity index (χ4v) is 3.76. The number of pyridine rings is 1. The Balaban J connectivity index is 1.83. The standard InChI is InChI=1S/C16H16ClN5O3S/c1-22-16(18)21-14(9-26(22,24)25)11-6-13(8-19-7-11)20-15(23)10-2-4-12(17)5-3-10/h2-8,14H,9H2,1H3,(H2,18,21)(H,20,23)/t14-/m0/s1. The molecule has 1 aromatic heterocycles. The monoisotopic (exact) mass is 393 g/mol. The molecule has 1 amide bonds. The van der Waals surface area contributed by atoms with Crippen molar-refractivity contribution in [2.24, 2.45) is 10.7 Å². The summed E-state index contributed by atoms with van der Waals surface area (Å²) in [5.74, 6) is -0.642. The van der Waals surface area contributed by atoms with Gasteiger partial charge in [0, 0.05) is 23.8 Å². The second-order valence-corrected chi connectivity index (χ2v) is 8.20. The third kappa shape index (κ3) is 3.78. The van der Waals surface area contributed by atoms with Crippen LogP contribution < -0.4 is 11.1 Å². The Hall–Kier alpha value is -2.65. The molecule has 3 N–H and O–H groups in total. The molecule has 1 aliphatic heterocycles. The van der Waals surface area contributed by atoms with Crippen LogP contribution in [-0.2, 0) is 10.0 Å². The lowest BCUT2D eigenvalue weighted by molar-refractivity contribution is 0.102. The Morgan fingerprint density at radius 1 is 1.31 bits per heavy atom. The largest absolute Gasteiger partial charge is 0.369 e. The van der Waals surface area contributed by atoms with E-state index in [4.69, 9.17) is 17.3 Å². The zero-order valence-corrected chi connectivity index (χ0v) is 15.3. The summed E-state index contributed by atoms with van der Waals surface area (Å²) in [7, 11) is -2.19. The average Bonchev–Trinajstić information content (AvgIpc) is 2.60. The number of carbonyl (C=O) groups is 1. The van der Waals surface area contributed by atoms with Gasteiger partial charge in [0.05, 0.1) is 23.7 Å². The lowest BCUT2D eigenvalue weighted by Crippen LogP contribution is -2.44. The fourth-order valence-electron chi connectivity index (χ4n) is 2.42. The molecule has 2 heterocycles. The molecular weight excluding hydrogens is 378 g/mol. The van der Waals surface area contributed by atoms with Crippen LogP contribution in [0, 0.1) is 0 Å². The summed E-state index contributed by atoms with van der Waals surface area (Å²) in [4.78, 5) is 20.5. The summed E-state index contributed by atoms with van der Waals surface area (Å²) < 4.78 is 25.2. The Morgan fingerprint density at radius 2 is 2.00 bits per heavy atom. The molecule has 3 rings (SSSR count). The summed E-state index contributed by atoms with van der Waals surface area (Å²) in [5.41, 5.74) is 7.08. The molecule has 136 valence electrons. The summed E-state index contributed by atoms with van der Waals surface area (Å²) in [5, 5.41) is 3.25. The third-order valence-electron chi connectivity index (χ3n) is 3.90. The molecule has 0 fully saturated rings. The maximum Gasteiger partial charge on any atom is 0.255 e. The quantitative estimate of drug-likeness (QED) is 0.821. The number of nitrogens with two attached hydrogens (primary N) is 1. The van der Waals surface area contributed by atoms with Gasteiger partial charge in [0.2, 0.25) is 16.0 Å². The van der Waals surface area contributed by atoms with E-state index in [2.05, 4.69) is 15.3 Å². The van der Waals surface area contributed by atoms with Crippen LogP contribution in [0.4, 0.5) is 5.69 Å². The van der Waals surface area contributed by atoms with Crippen LogP contribution in [0.2, 0.25) is 5.02 Å². The Morgan fingerprint density at radius 3 is 2.65 bits per heavy atom. The van der Waals surface area contributed by atoms with Gasteiger partial charge in [-0.3, -0.25) is 9.78 Å². The predicted octanol–water partition coefficient (Wildman–Crippen LogP) is 1.62. The fraction of sp³-hybridized carbons (Fsp3) is 0.188. The van der Waals surface area contributed by atoms with E-state index in [1.165, 1.54) is 19.4 Å². The minimum Gasteiger partial charge on any atom is -0.369 e. The highest BCUT2D eigenvalue weighted by Gasteiger charge is 2.31. The SMILES string of the molecule is CN1C(N)=N[C@H](c2cncc(NC(=O)c3ccc(Cl)cc3)c2)CS1(=O)=O. The number of aromatic nitrogens is 1. The number of halogens is 1. The number of amides is 1. The van der Waals surface area contributed by atoms with E-state index in [0.717, 1.165) is 4.31 Å². The first kappa shape index (κ1) is 18.2. The molecule has 0 saturated heterocycles. The van der Waals surface area contributed by atoms with Crippen LogP contribution >= 0.6 is 11.6 Å². The van der Waals surface area contributed by atoms with Crippen molar-refractivity contribution in [3.63, 3.8) is 0 Å². The highest BCUT2D eigenvalue weighted by atomic mass is 35.5. The topological polar surface area (TPSA) is 118 Å². The van der Waals surface area contributed by atoms with E-state index in [0.29, 0.717) is 21.8 Å². The van der Waals surface area contributed by atoms with Crippen LogP contribution in [0.15, 0.2) is 47.7 Å². The van der Waals surface area contributed by atoms with Crippen molar-refractivity contribution in [3.8, 4) is 0 Å². The molecule has 1 atom stereocenters. The molecule has 10 heteroatoms. The van der Waals surface area contributed by atoms with Gasteiger partial charge in [0.1, 0.15) is 0 Å². The van der Waals surface area contributed by atoms with Crippen molar-refractivity contribution < 1.29 is 13.2 Å². The van der Waals surface area contributed by atoms with Crippen molar-refractivity contribution in [1.29, 1.82) is 0 Å². The van der Waals surface area contributed by atoms with E-state index >= 15 is 0 Å². The normalized spacial score (nSPS) is 18.9. The number of nitrogens with zero attached hydrogens (tertiary/aromatic N) is 3. The minimum atomic E-state index is -3.54. The van der Waals surface area contributed by atoms with Crippen LogP contribution in [0.25, 0.3) is 0 Å². The molecular formula is C16H16ClN5O3S. The van der Waals surface area contributed by atoms with Crippen LogP contribution in [0.5, 0.6) is 0 Å². The highest BCUT2D eigenvalue weighted by Crippen LogP contribution is 2.26. The Labute approximate surface area is 155 Å². The maximum absolute atomic E-state index is 12.3. The number of aliphatic imine (C=N–C) groups is 1. The van der Waals surface area contributed by atoms with Crippen molar-refractivity contribution in [1.82, 2.24) is 9.29 Å². The van der Waals surface area contributed by atoms with Crippen LogP contribution in [0.3, 0.4) is 0 Å². The maximum atomic E-state index is 12.3. The first-order valence-electron chi connectivity index (χ1n) is 7.58. The molecule has 0 saturated carbocycles. The molecule has 0 aliphatic carbocycles. The summed E-state index contributed by atoms with van der Waals surface area (Å²) in [6.45, 7) is 0. The van der Waals surface area contributed by atoms with Gasteiger partial charge in [0.15, 0.2) is 0 Å². The summed E-state index contributed by atoms with van der Waals surface area (Å²) >= 11 is 5.81. The second kappa shape index (κ2) is 6.93. The number of hydrogen-bond donors (Lipinski definition) is 2. The lowest BCUT2D eigenvalue weighted by Gasteiger charge is -2.27. The van der Waals surface area contributed by atoms with E-state index in [1.54, 1.807) is 30.3 Å². The zero-order chi connectivity index (χ0) is 18.9. The van der Waals surface area contributed by atoms with E-state index in [9.17, 15) is 13.2 Å². The number of hydrogen-bond acceptors (Lipinski definition) is 6. The molecule has 1 aromatic carbocycles. The van der Waals surface area contributed by atoms with E-state index in [-0.39, 0.29) is 17.6 Å². The molecule has 2 aromatic rings. The Kier molecular flexibility index (Phi) is 4.84. The number of guanidine groups is 1. The third-order valence-corrected chi connectivity index (χ3v) is 5.92.